The molecule has 0 aliphatic heterocycles. The molecule has 1 aromatic heterocycles. The van der Waals surface area contributed by atoms with E-state index in [0.29, 0.717) is 17.2 Å². The highest BCUT2D eigenvalue weighted by Crippen LogP contribution is 2.20. The lowest BCUT2D eigenvalue weighted by atomic mass is 10.1. The zero-order valence-corrected chi connectivity index (χ0v) is 15.9. The fourth-order valence-corrected chi connectivity index (χ4v) is 2.68. The SMILES string of the molecule is CC(=O)Nc1ccc(Nc2ncc(C(=O)Nc3c(C)cccc3C)cn2)cc1. The third kappa shape index (κ3) is 4.70. The number of carbonyl (C=O) groups is 2. The molecule has 3 aromatic rings. The van der Waals surface area contributed by atoms with Gasteiger partial charge in [-0.1, -0.05) is 18.2 Å². The Hall–Kier alpha value is -3.74. The van der Waals surface area contributed by atoms with E-state index in [1.807, 2.05) is 32.0 Å². The van der Waals surface area contributed by atoms with Gasteiger partial charge in [0.25, 0.3) is 5.91 Å². The molecule has 0 radical (unpaired) electrons. The number of para-hydroxylation sites is 1. The first-order valence-corrected chi connectivity index (χ1v) is 8.76. The molecule has 28 heavy (non-hydrogen) atoms. The van der Waals surface area contributed by atoms with Crippen molar-refractivity contribution >= 4 is 34.8 Å². The number of rotatable bonds is 5. The molecule has 0 unspecified atom stereocenters. The summed E-state index contributed by atoms with van der Waals surface area (Å²) >= 11 is 0. The van der Waals surface area contributed by atoms with E-state index in [1.54, 1.807) is 24.3 Å². The summed E-state index contributed by atoms with van der Waals surface area (Å²) in [6, 6.07) is 13.0. The molecular formula is C21H21N5O2. The van der Waals surface area contributed by atoms with Crippen LogP contribution in [0.2, 0.25) is 0 Å². The maximum Gasteiger partial charge on any atom is 0.258 e. The van der Waals surface area contributed by atoms with Crippen LogP contribution in [-0.2, 0) is 4.79 Å². The molecule has 2 aromatic carbocycles. The Morgan fingerprint density at radius 3 is 1.96 bits per heavy atom. The Balaban J connectivity index is 1.66. The van der Waals surface area contributed by atoms with E-state index >= 15 is 0 Å². The molecule has 7 heteroatoms. The van der Waals surface area contributed by atoms with Gasteiger partial charge >= 0.3 is 0 Å². The summed E-state index contributed by atoms with van der Waals surface area (Å²) in [4.78, 5) is 31.9. The van der Waals surface area contributed by atoms with Crippen LogP contribution in [0.5, 0.6) is 0 Å². The zero-order chi connectivity index (χ0) is 20.1. The van der Waals surface area contributed by atoms with Crippen LogP contribution in [-0.4, -0.2) is 21.8 Å². The molecule has 3 N–H and O–H groups in total. The number of anilines is 4. The minimum absolute atomic E-state index is 0.126. The van der Waals surface area contributed by atoms with Crippen LogP contribution in [0.25, 0.3) is 0 Å². The van der Waals surface area contributed by atoms with Crippen LogP contribution >= 0.6 is 0 Å². The van der Waals surface area contributed by atoms with Gasteiger partial charge in [0.1, 0.15) is 0 Å². The van der Waals surface area contributed by atoms with Crippen LogP contribution < -0.4 is 16.0 Å². The maximum atomic E-state index is 12.5. The predicted octanol–water partition coefficient (Wildman–Crippen LogP) is 4.05. The van der Waals surface area contributed by atoms with E-state index < -0.39 is 0 Å². The van der Waals surface area contributed by atoms with Gasteiger partial charge in [0.15, 0.2) is 0 Å². The normalized spacial score (nSPS) is 10.2. The van der Waals surface area contributed by atoms with Gasteiger partial charge in [0, 0.05) is 36.4 Å². The largest absolute Gasteiger partial charge is 0.326 e. The maximum absolute atomic E-state index is 12.5. The third-order valence-corrected chi connectivity index (χ3v) is 4.10. The molecule has 7 nitrogen and oxygen atoms in total. The first-order valence-electron chi connectivity index (χ1n) is 8.76. The Morgan fingerprint density at radius 2 is 1.39 bits per heavy atom. The van der Waals surface area contributed by atoms with Gasteiger partial charge in [0.2, 0.25) is 11.9 Å². The first-order chi connectivity index (χ1) is 13.4. The molecule has 0 fully saturated rings. The highest BCUT2D eigenvalue weighted by atomic mass is 16.2. The van der Waals surface area contributed by atoms with Crippen molar-refractivity contribution < 1.29 is 9.59 Å². The number of nitrogens with zero attached hydrogens (tertiary/aromatic N) is 2. The van der Waals surface area contributed by atoms with E-state index in [1.165, 1.54) is 19.3 Å². The average Bonchev–Trinajstić information content (AvgIpc) is 2.66. The predicted molar refractivity (Wildman–Crippen MR) is 110 cm³/mol. The van der Waals surface area contributed by atoms with E-state index in [9.17, 15) is 9.59 Å². The number of hydrogen-bond donors (Lipinski definition) is 3. The number of amides is 2. The molecule has 0 saturated carbocycles. The summed E-state index contributed by atoms with van der Waals surface area (Å²) in [5.74, 6) is -0.0155. The Bertz CT molecular complexity index is 978. The average molecular weight is 375 g/mol. The molecule has 2 amide bonds. The van der Waals surface area contributed by atoms with Gasteiger partial charge in [-0.3, -0.25) is 9.59 Å². The lowest BCUT2D eigenvalue weighted by Gasteiger charge is -2.11. The van der Waals surface area contributed by atoms with Crippen molar-refractivity contribution in [2.24, 2.45) is 0 Å². The lowest BCUT2D eigenvalue weighted by molar-refractivity contribution is -0.114. The molecule has 142 valence electrons. The quantitative estimate of drug-likeness (QED) is 0.625. The minimum atomic E-state index is -0.261. The van der Waals surface area contributed by atoms with E-state index in [-0.39, 0.29) is 11.8 Å². The number of aryl methyl sites for hydroxylation is 2. The number of aromatic nitrogens is 2. The van der Waals surface area contributed by atoms with Gasteiger partial charge in [-0.05, 0) is 49.2 Å². The number of nitrogens with one attached hydrogen (secondary N) is 3. The second-order valence-electron chi connectivity index (χ2n) is 6.40. The molecule has 1 heterocycles. The lowest BCUT2D eigenvalue weighted by Crippen LogP contribution is -2.14. The van der Waals surface area contributed by atoms with Crippen LogP contribution in [0.1, 0.15) is 28.4 Å². The van der Waals surface area contributed by atoms with Crippen molar-refractivity contribution in [1.29, 1.82) is 0 Å². The Labute approximate surface area is 163 Å². The van der Waals surface area contributed by atoms with E-state index in [2.05, 4.69) is 25.9 Å². The second kappa shape index (κ2) is 8.30. The van der Waals surface area contributed by atoms with Crippen molar-refractivity contribution in [2.75, 3.05) is 16.0 Å². The number of hydrogen-bond acceptors (Lipinski definition) is 5. The van der Waals surface area contributed by atoms with Crippen molar-refractivity contribution in [1.82, 2.24) is 9.97 Å². The minimum Gasteiger partial charge on any atom is -0.326 e. The third-order valence-electron chi connectivity index (χ3n) is 4.10. The summed E-state index contributed by atoms with van der Waals surface area (Å²) < 4.78 is 0. The summed E-state index contributed by atoms with van der Waals surface area (Å²) in [6.45, 7) is 5.35. The number of carbonyl (C=O) groups excluding carboxylic acids is 2. The van der Waals surface area contributed by atoms with Crippen LogP contribution in [0.4, 0.5) is 23.0 Å². The van der Waals surface area contributed by atoms with Gasteiger partial charge < -0.3 is 16.0 Å². The smallest absolute Gasteiger partial charge is 0.258 e. The molecule has 0 spiro atoms. The monoisotopic (exact) mass is 375 g/mol. The van der Waals surface area contributed by atoms with Crippen LogP contribution in [0.3, 0.4) is 0 Å². The molecular weight excluding hydrogens is 354 g/mol. The molecule has 3 rings (SSSR count). The fraction of sp³-hybridized carbons (Fsp3) is 0.143. The highest BCUT2D eigenvalue weighted by molar-refractivity contribution is 6.04. The van der Waals surface area contributed by atoms with Crippen molar-refractivity contribution in [3.63, 3.8) is 0 Å². The second-order valence-corrected chi connectivity index (χ2v) is 6.40. The van der Waals surface area contributed by atoms with Crippen molar-refractivity contribution in [3.8, 4) is 0 Å². The van der Waals surface area contributed by atoms with Crippen LogP contribution in [0.15, 0.2) is 54.9 Å². The van der Waals surface area contributed by atoms with Gasteiger partial charge in [-0.2, -0.15) is 0 Å². The molecule has 0 aliphatic rings. The Kier molecular flexibility index (Phi) is 5.64. The standard InChI is InChI=1S/C21H21N5O2/c1-13-5-4-6-14(2)19(13)26-20(28)16-11-22-21(23-12-16)25-18-9-7-17(8-10-18)24-15(3)27/h4-12H,1-3H3,(H,24,27)(H,26,28)(H,22,23,25). The van der Waals surface area contributed by atoms with Crippen LogP contribution in [0, 0.1) is 13.8 Å². The summed E-state index contributed by atoms with van der Waals surface area (Å²) in [5.41, 5.74) is 4.63. The summed E-state index contributed by atoms with van der Waals surface area (Å²) in [7, 11) is 0. The molecule has 0 bridgehead atoms. The topological polar surface area (TPSA) is 96.0 Å². The highest BCUT2D eigenvalue weighted by Gasteiger charge is 2.11. The molecule has 0 aliphatic carbocycles. The van der Waals surface area contributed by atoms with Crippen molar-refractivity contribution in [3.05, 3.63) is 71.5 Å². The zero-order valence-electron chi connectivity index (χ0n) is 15.9. The van der Waals surface area contributed by atoms with E-state index in [0.717, 1.165) is 22.5 Å². The first kappa shape index (κ1) is 19.0. The van der Waals surface area contributed by atoms with Gasteiger partial charge in [-0.25, -0.2) is 9.97 Å². The van der Waals surface area contributed by atoms with Gasteiger partial charge in [-0.15, -0.1) is 0 Å². The summed E-state index contributed by atoms with van der Waals surface area (Å²) in [6.07, 6.45) is 2.95. The molecule has 0 saturated heterocycles. The van der Waals surface area contributed by atoms with Crippen molar-refractivity contribution in [2.45, 2.75) is 20.8 Å². The molecule has 0 atom stereocenters. The number of benzene rings is 2. The van der Waals surface area contributed by atoms with E-state index in [4.69, 9.17) is 0 Å². The Morgan fingerprint density at radius 1 is 0.821 bits per heavy atom. The van der Waals surface area contributed by atoms with Gasteiger partial charge in [0.05, 0.1) is 5.56 Å². The fourth-order valence-electron chi connectivity index (χ4n) is 2.68. The summed E-state index contributed by atoms with van der Waals surface area (Å²) in [5, 5.41) is 8.66.